The second-order valence-electron chi connectivity index (χ2n) is 4.53. The van der Waals surface area contributed by atoms with E-state index in [1.54, 1.807) is 6.92 Å². The standard InChI is InChI=1S/C13H16FNO3/c1-4-11(16)9-6-5-8(7-10(9)14)15-13(2,3)12(17)18/h5-7,15H,4H2,1-3H3,(H,17,18). The van der Waals surface area contributed by atoms with E-state index in [2.05, 4.69) is 5.32 Å². The van der Waals surface area contributed by atoms with Crippen molar-refractivity contribution in [1.82, 2.24) is 0 Å². The summed E-state index contributed by atoms with van der Waals surface area (Å²) in [6.07, 6.45) is 0.227. The number of rotatable bonds is 5. The van der Waals surface area contributed by atoms with Crippen LogP contribution in [0.3, 0.4) is 0 Å². The first-order chi connectivity index (χ1) is 8.27. The van der Waals surface area contributed by atoms with E-state index >= 15 is 0 Å². The smallest absolute Gasteiger partial charge is 0.328 e. The Morgan fingerprint density at radius 3 is 2.44 bits per heavy atom. The number of nitrogens with one attached hydrogen (secondary N) is 1. The summed E-state index contributed by atoms with van der Waals surface area (Å²) >= 11 is 0. The van der Waals surface area contributed by atoms with Crippen LogP contribution in [0.4, 0.5) is 10.1 Å². The topological polar surface area (TPSA) is 66.4 Å². The van der Waals surface area contributed by atoms with E-state index in [1.807, 2.05) is 0 Å². The number of benzene rings is 1. The molecule has 0 saturated carbocycles. The fraction of sp³-hybridized carbons (Fsp3) is 0.385. The Bertz CT molecular complexity index is 483. The maximum Gasteiger partial charge on any atom is 0.328 e. The zero-order valence-electron chi connectivity index (χ0n) is 10.6. The Morgan fingerprint density at radius 1 is 1.39 bits per heavy atom. The first-order valence-electron chi connectivity index (χ1n) is 5.62. The molecule has 1 aromatic carbocycles. The second kappa shape index (κ2) is 5.16. The molecule has 0 fully saturated rings. The van der Waals surface area contributed by atoms with Gasteiger partial charge in [0.25, 0.3) is 0 Å². The molecule has 0 aliphatic carbocycles. The number of halogens is 1. The summed E-state index contributed by atoms with van der Waals surface area (Å²) < 4.78 is 13.7. The van der Waals surface area contributed by atoms with Crippen molar-refractivity contribution in [3.05, 3.63) is 29.6 Å². The van der Waals surface area contributed by atoms with E-state index in [0.29, 0.717) is 5.69 Å². The molecule has 2 N–H and O–H groups in total. The lowest BCUT2D eigenvalue weighted by Crippen LogP contribution is -2.39. The van der Waals surface area contributed by atoms with Gasteiger partial charge in [-0.1, -0.05) is 6.92 Å². The lowest BCUT2D eigenvalue weighted by Gasteiger charge is -2.22. The molecule has 1 rings (SSSR count). The average molecular weight is 253 g/mol. The summed E-state index contributed by atoms with van der Waals surface area (Å²) in [6.45, 7) is 4.60. The summed E-state index contributed by atoms with van der Waals surface area (Å²) in [5, 5.41) is 11.6. The number of ketones is 1. The van der Waals surface area contributed by atoms with E-state index in [4.69, 9.17) is 5.11 Å². The molecular formula is C13H16FNO3. The zero-order valence-corrected chi connectivity index (χ0v) is 10.6. The van der Waals surface area contributed by atoms with Crippen LogP contribution in [0.2, 0.25) is 0 Å². The van der Waals surface area contributed by atoms with Gasteiger partial charge in [-0.05, 0) is 32.0 Å². The van der Waals surface area contributed by atoms with Crippen molar-refractivity contribution in [3.8, 4) is 0 Å². The molecule has 0 unspecified atom stereocenters. The van der Waals surface area contributed by atoms with Crippen molar-refractivity contribution in [3.63, 3.8) is 0 Å². The van der Waals surface area contributed by atoms with E-state index in [0.717, 1.165) is 6.07 Å². The van der Waals surface area contributed by atoms with Crippen molar-refractivity contribution in [2.45, 2.75) is 32.7 Å². The Hall–Kier alpha value is -1.91. The van der Waals surface area contributed by atoms with E-state index < -0.39 is 17.3 Å². The second-order valence-corrected chi connectivity index (χ2v) is 4.53. The minimum absolute atomic E-state index is 0.0242. The summed E-state index contributed by atoms with van der Waals surface area (Å²) in [5.74, 6) is -1.97. The normalized spacial score (nSPS) is 11.1. The largest absolute Gasteiger partial charge is 0.480 e. The number of hydrogen-bond donors (Lipinski definition) is 2. The Kier molecular flexibility index (Phi) is 4.06. The summed E-state index contributed by atoms with van der Waals surface area (Å²) in [5.41, 5.74) is -0.855. The molecule has 0 amide bonds. The van der Waals surface area contributed by atoms with Gasteiger partial charge in [0, 0.05) is 12.1 Å². The highest BCUT2D eigenvalue weighted by Crippen LogP contribution is 2.19. The molecule has 0 aliphatic rings. The van der Waals surface area contributed by atoms with Crippen LogP contribution < -0.4 is 5.32 Å². The van der Waals surface area contributed by atoms with Gasteiger partial charge in [0.05, 0.1) is 5.56 Å². The van der Waals surface area contributed by atoms with Crippen molar-refractivity contribution in [1.29, 1.82) is 0 Å². The summed E-state index contributed by atoms with van der Waals surface area (Å²) in [6, 6.07) is 3.99. The van der Waals surface area contributed by atoms with Gasteiger partial charge in [-0.2, -0.15) is 0 Å². The molecular weight excluding hydrogens is 237 g/mol. The number of anilines is 1. The summed E-state index contributed by atoms with van der Waals surface area (Å²) in [4.78, 5) is 22.3. The van der Waals surface area contributed by atoms with Gasteiger partial charge in [0.15, 0.2) is 5.78 Å². The molecule has 0 aliphatic heterocycles. The van der Waals surface area contributed by atoms with Crippen molar-refractivity contribution < 1.29 is 19.1 Å². The highest BCUT2D eigenvalue weighted by atomic mass is 19.1. The van der Waals surface area contributed by atoms with E-state index in [9.17, 15) is 14.0 Å². The number of carboxylic acids is 1. The molecule has 0 atom stereocenters. The lowest BCUT2D eigenvalue weighted by atomic mass is 10.0. The molecule has 0 bridgehead atoms. The monoisotopic (exact) mass is 253 g/mol. The number of Topliss-reactive ketones (excluding diaryl/α,β-unsaturated/α-hetero) is 1. The van der Waals surface area contributed by atoms with Crippen molar-refractivity contribution >= 4 is 17.4 Å². The fourth-order valence-corrected chi connectivity index (χ4v) is 1.42. The summed E-state index contributed by atoms with van der Waals surface area (Å²) in [7, 11) is 0. The van der Waals surface area contributed by atoms with Crippen LogP contribution in [0.1, 0.15) is 37.6 Å². The fourth-order valence-electron chi connectivity index (χ4n) is 1.42. The van der Waals surface area contributed by atoms with Gasteiger partial charge >= 0.3 is 5.97 Å². The van der Waals surface area contributed by atoms with Crippen molar-refractivity contribution in [2.75, 3.05) is 5.32 Å². The maximum absolute atomic E-state index is 13.7. The number of hydrogen-bond acceptors (Lipinski definition) is 3. The molecule has 0 spiro atoms. The van der Waals surface area contributed by atoms with Crippen LogP contribution in [0.25, 0.3) is 0 Å². The Labute approximate surface area is 105 Å². The molecule has 18 heavy (non-hydrogen) atoms. The third-order valence-electron chi connectivity index (χ3n) is 2.58. The van der Waals surface area contributed by atoms with Gasteiger partial charge in [-0.3, -0.25) is 4.79 Å². The molecule has 5 heteroatoms. The minimum atomic E-state index is -1.21. The van der Waals surface area contributed by atoms with Crippen LogP contribution in [0.5, 0.6) is 0 Å². The Balaban J connectivity index is 2.99. The number of carbonyl (C=O) groups is 2. The van der Waals surface area contributed by atoms with Crippen molar-refractivity contribution in [2.24, 2.45) is 0 Å². The quantitative estimate of drug-likeness (QED) is 0.792. The molecule has 0 saturated heterocycles. The first-order valence-corrected chi connectivity index (χ1v) is 5.62. The molecule has 0 heterocycles. The van der Waals surface area contributed by atoms with Gasteiger partial charge in [0.2, 0.25) is 0 Å². The number of aliphatic carboxylic acids is 1. The van der Waals surface area contributed by atoms with Gasteiger partial charge < -0.3 is 10.4 Å². The third-order valence-corrected chi connectivity index (χ3v) is 2.58. The molecule has 1 aromatic rings. The maximum atomic E-state index is 13.7. The van der Waals surface area contributed by atoms with E-state index in [-0.39, 0.29) is 17.8 Å². The number of carbonyl (C=O) groups excluding carboxylic acids is 1. The molecule has 4 nitrogen and oxygen atoms in total. The number of carboxylic acid groups (broad SMARTS) is 1. The van der Waals surface area contributed by atoms with Crippen LogP contribution >= 0.6 is 0 Å². The third kappa shape index (κ3) is 3.06. The van der Waals surface area contributed by atoms with Gasteiger partial charge in [-0.15, -0.1) is 0 Å². The highest BCUT2D eigenvalue weighted by Gasteiger charge is 2.26. The van der Waals surface area contributed by atoms with Gasteiger partial charge in [0.1, 0.15) is 11.4 Å². The van der Waals surface area contributed by atoms with Crippen LogP contribution in [0, 0.1) is 5.82 Å². The highest BCUT2D eigenvalue weighted by molar-refractivity contribution is 5.96. The van der Waals surface area contributed by atoms with Crippen LogP contribution in [-0.4, -0.2) is 22.4 Å². The van der Waals surface area contributed by atoms with Crippen LogP contribution in [-0.2, 0) is 4.79 Å². The minimum Gasteiger partial charge on any atom is -0.480 e. The van der Waals surface area contributed by atoms with Gasteiger partial charge in [-0.25, -0.2) is 9.18 Å². The van der Waals surface area contributed by atoms with Crippen LogP contribution in [0.15, 0.2) is 18.2 Å². The SMILES string of the molecule is CCC(=O)c1ccc(NC(C)(C)C(=O)O)cc1F. The lowest BCUT2D eigenvalue weighted by molar-refractivity contribution is -0.141. The molecule has 0 radical (unpaired) electrons. The average Bonchev–Trinajstić information content (AvgIpc) is 2.27. The molecule has 0 aromatic heterocycles. The first kappa shape index (κ1) is 14.2. The zero-order chi connectivity index (χ0) is 13.9. The molecule has 98 valence electrons. The predicted molar refractivity (Wildman–Crippen MR) is 66.4 cm³/mol. The van der Waals surface area contributed by atoms with E-state index in [1.165, 1.54) is 26.0 Å². The Morgan fingerprint density at radius 2 is 2.00 bits per heavy atom. The predicted octanol–water partition coefficient (Wildman–Crippen LogP) is 2.69.